The lowest BCUT2D eigenvalue weighted by Gasteiger charge is -2.08. The molecule has 0 aliphatic heterocycles. The molecule has 0 saturated carbocycles. The Bertz CT molecular complexity index is 582. The third kappa shape index (κ3) is 3.47. The van der Waals surface area contributed by atoms with Gasteiger partial charge in [-0.1, -0.05) is 6.07 Å². The summed E-state index contributed by atoms with van der Waals surface area (Å²) in [6, 6.07) is 11.0. The first-order valence-corrected chi connectivity index (χ1v) is 6.27. The maximum Gasteiger partial charge on any atom is 0.356 e. The molecule has 0 saturated heterocycles. The summed E-state index contributed by atoms with van der Waals surface area (Å²) in [6.45, 7) is 2.10. The molecule has 0 radical (unpaired) electrons. The van der Waals surface area contributed by atoms with Crippen molar-refractivity contribution in [3.63, 3.8) is 0 Å². The third-order valence-electron chi connectivity index (χ3n) is 2.61. The molecule has 0 aliphatic rings. The zero-order valence-electron chi connectivity index (χ0n) is 11.4. The zero-order valence-corrected chi connectivity index (χ0v) is 11.4. The third-order valence-corrected chi connectivity index (χ3v) is 2.61. The number of benzene rings is 1. The van der Waals surface area contributed by atoms with Gasteiger partial charge in [-0.15, -0.1) is 0 Å². The van der Waals surface area contributed by atoms with E-state index < -0.39 is 5.97 Å². The number of methoxy groups -OCH3 is 1. The van der Waals surface area contributed by atoms with Crippen LogP contribution >= 0.6 is 0 Å². The molecule has 5 nitrogen and oxygen atoms in total. The molecule has 2 rings (SSSR count). The lowest BCUT2D eigenvalue weighted by Crippen LogP contribution is -2.06. The van der Waals surface area contributed by atoms with Crippen LogP contribution in [0, 0.1) is 0 Å². The van der Waals surface area contributed by atoms with Gasteiger partial charge in [0.25, 0.3) is 0 Å². The lowest BCUT2D eigenvalue weighted by atomic mass is 10.2. The van der Waals surface area contributed by atoms with Gasteiger partial charge in [0.1, 0.15) is 11.4 Å². The van der Waals surface area contributed by atoms with Crippen LogP contribution in [-0.2, 0) is 4.74 Å². The predicted octanol–water partition coefficient (Wildman–Crippen LogP) is 3.01. The number of ether oxygens (including phenoxy) is 2. The van der Waals surface area contributed by atoms with Crippen molar-refractivity contribution in [2.75, 3.05) is 19.0 Å². The van der Waals surface area contributed by atoms with Gasteiger partial charge in [0.15, 0.2) is 0 Å². The highest BCUT2D eigenvalue weighted by molar-refractivity contribution is 5.87. The van der Waals surface area contributed by atoms with Crippen molar-refractivity contribution in [3.05, 3.63) is 48.3 Å². The molecule has 104 valence electrons. The first-order chi connectivity index (χ1) is 9.72. The van der Waals surface area contributed by atoms with Gasteiger partial charge in [-0.25, -0.2) is 9.78 Å². The van der Waals surface area contributed by atoms with Crippen LogP contribution in [0.5, 0.6) is 5.75 Å². The van der Waals surface area contributed by atoms with Gasteiger partial charge in [0, 0.05) is 11.8 Å². The van der Waals surface area contributed by atoms with Crippen LogP contribution in [0.25, 0.3) is 0 Å². The fourth-order valence-corrected chi connectivity index (χ4v) is 1.66. The van der Waals surface area contributed by atoms with Crippen molar-refractivity contribution in [2.45, 2.75) is 6.92 Å². The minimum absolute atomic E-state index is 0.294. The Hall–Kier alpha value is -2.56. The minimum atomic E-state index is -0.416. The summed E-state index contributed by atoms with van der Waals surface area (Å²) in [6.07, 6.45) is 1.59. The molecule has 0 atom stereocenters. The van der Waals surface area contributed by atoms with Crippen LogP contribution in [0.3, 0.4) is 0 Å². The Morgan fingerprint density at radius 1 is 1.25 bits per heavy atom. The van der Waals surface area contributed by atoms with E-state index in [-0.39, 0.29) is 0 Å². The number of hydrogen-bond acceptors (Lipinski definition) is 5. The van der Waals surface area contributed by atoms with Gasteiger partial charge in [-0.05, 0) is 31.2 Å². The number of nitrogens with zero attached hydrogens (tertiary/aromatic N) is 1. The summed E-state index contributed by atoms with van der Waals surface area (Å²) in [5.41, 5.74) is 1.96. The van der Waals surface area contributed by atoms with E-state index in [1.165, 1.54) is 0 Å². The predicted molar refractivity (Wildman–Crippen MR) is 76.5 cm³/mol. The molecule has 1 aromatic carbocycles. The topological polar surface area (TPSA) is 60.5 Å². The number of rotatable bonds is 5. The van der Waals surface area contributed by atoms with Gasteiger partial charge in [0.05, 0.1) is 25.6 Å². The molecule has 0 aliphatic carbocycles. The minimum Gasteiger partial charge on any atom is -0.497 e. The molecule has 20 heavy (non-hydrogen) atoms. The molecular formula is C15H16N2O3. The van der Waals surface area contributed by atoms with Crippen LogP contribution in [0.2, 0.25) is 0 Å². The molecular weight excluding hydrogens is 256 g/mol. The van der Waals surface area contributed by atoms with Crippen LogP contribution in [-0.4, -0.2) is 24.7 Å². The summed E-state index contributed by atoms with van der Waals surface area (Å²) in [4.78, 5) is 15.5. The molecule has 0 spiro atoms. The summed E-state index contributed by atoms with van der Waals surface area (Å²) < 4.78 is 10.0. The molecule has 1 aromatic heterocycles. The van der Waals surface area contributed by atoms with Gasteiger partial charge < -0.3 is 14.8 Å². The SMILES string of the molecule is CCOC(=O)c1ccc(Nc2cccc(OC)c2)cn1. The van der Waals surface area contributed by atoms with Crippen LogP contribution < -0.4 is 10.1 Å². The largest absolute Gasteiger partial charge is 0.497 e. The Balaban J connectivity index is 2.08. The van der Waals surface area contributed by atoms with Crippen molar-refractivity contribution in [2.24, 2.45) is 0 Å². The van der Waals surface area contributed by atoms with Crippen molar-refractivity contribution < 1.29 is 14.3 Å². The van der Waals surface area contributed by atoms with E-state index in [0.29, 0.717) is 12.3 Å². The number of nitrogens with one attached hydrogen (secondary N) is 1. The Kier molecular flexibility index (Phi) is 4.55. The molecule has 1 heterocycles. The van der Waals surface area contributed by atoms with Crippen molar-refractivity contribution in [3.8, 4) is 5.75 Å². The maximum atomic E-state index is 11.5. The molecule has 1 N–H and O–H groups in total. The first-order valence-electron chi connectivity index (χ1n) is 6.27. The second kappa shape index (κ2) is 6.56. The number of carbonyl (C=O) groups excluding carboxylic acids is 1. The van der Waals surface area contributed by atoms with Crippen LogP contribution in [0.15, 0.2) is 42.6 Å². The molecule has 2 aromatic rings. The first kappa shape index (κ1) is 13.9. The van der Waals surface area contributed by atoms with E-state index in [0.717, 1.165) is 17.1 Å². The van der Waals surface area contributed by atoms with Crippen molar-refractivity contribution in [1.29, 1.82) is 0 Å². The highest BCUT2D eigenvalue weighted by Gasteiger charge is 2.07. The lowest BCUT2D eigenvalue weighted by molar-refractivity contribution is 0.0519. The van der Waals surface area contributed by atoms with Gasteiger partial charge >= 0.3 is 5.97 Å². The smallest absolute Gasteiger partial charge is 0.356 e. The molecule has 0 amide bonds. The van der Waals surface area contributed by atoms with E-state index in [9.17, 15) is 4.79 Å². The number of esters is 1. The Morgan fingerprint density at radius 2 is 2.10 bits per heavy atom. The van der Waals surface area contributed by atoms with Gasteiger partial charge in [-0.2, -0.15) is 0 Å². The van der Waals surface area contributed by atoms with Gasteiger partial charge in [0.2, 0.25) is 0 Å². The van der Waals surface area contributed by atoms with Crippen molar-refractivity contribution in [1.82, 2.24) is 4.98 Å². The van der Waals surface area contributed by atoms with Crippen LogP contribution in [0.1, 0.15) is 17.4 Å². The number of aromatic nitrogens is 1. The van der Waals surface area contributed by atoms with E-state index in [2.05, 4.69) is 10.3 Å². The zero-order chi connectivity index (χ0) is 14.4. The second-order valence-corrected chi connectivity index (χ2v) is 4.01. The highest BCUT2D eigenvalue weighted by Crippen LogP contribution is 2.20. The molecule has 0 bridgehead atoms. The number of pyridine rings is 1. The summed E-state index contributed by atoms with van der Waals surface area (Å²) >= 11 is 0. The molecule has 5 heteroatoms. The Labute approximate surface area is 117 Å². The number of hydrogen-bond donors (Lipinski definition) is 1. The monoisotopic (exact) mass is 272 g/mol. The fourth-order valence-electron chi connectivity index (χ4n) is 1.66. The number of carbonyl (C=O) groups is 1. The summed E-state index contributed by atoms with van der Waals surface area (Å²) in [7, 11) is 1.62. The second-order valence-electron chi connectivity index (χ2n) is 4.01. The van der Waals surface area contributed by atoms with E-state index >= 15 is 0 Å². The fraction of sp³-hybridized carbons (Fsp3) is 0.200. The van der Waals surface area contributed by atoms with Crippen LogP contribution in [0.4, 0.5) is 11.4 Å². The normalized spacial score (nSPS) is 9.90. The maximum absolute atomic E-state index is 11.5. The standard InChI is InChI=1S/C15H16N2O3/c1-3-20-15(18)14-8-7-12(10-16-14)17-11-5-4-6-13(9-11)19-2/h4-10,17H,3H2,1-2H3. The summed E-state index contributed by atoms with van der Waals surface area (Å²) in [5, 5.41) is 3.18. The average Bonchev–Trinajstić information content (AvgIpc) is 2.48. The van der Waals surface area contributed by atoms with E-state index in [1.807, 2.05) is 24.3 Å². The molecule has 0 unspecified atom stereocenters. The van der Waals surface area contributed by atoms with Gasteiger partial charge in [-0.3, -0.25) is 0 Å². The van der Waals surface area contributed by atoms with E-state index in [1.54, 1.807) is 32.4 Å². The molecule has 0 fully saturated rings. The highest BCUT2D eigenvalue weighted by atomic mass is 16.5. The summed E-state index contributed by atoms with van der Waals surface area (Å²) in [5.74, 6) is 0.353. The van der Waals surface area contributed by atoms with E-state index in [4.69, 9.17) is 9.47 Å². The number of anilines is 2. The Morgan fingerprint density at radius 3 is 2.75 bits per heavy atom. The van der Waals surface area contributed by atoms with Crippen molar-refractivity contribution >= 4 is 17.3 Å². The average molecular weight is 272 g/mol. The quantitative estimate of drug-likeness (QED) is 0.848.